The molecule has 144 valence electrons. The van der Waals surface area contributed by atoms with Gasteiger partial charge in [-0.3, -0.25) is 0 Å². The van der Waals surface area contributed by atoms with Crippen LogP contribution in [0.1, 0.15) is 52.3 Å². The Bertz CT molecular complexity index is 1010. The third-order valence-electron chi connectivity index (χ3n) is 5.80. The van der Waals surface area contributed by atoms with Gasteiger partial charge in [0.15, 0.2) is 0 Å². The van der Waals surface area contributed by atoms with E-state index in [-0.39, 0.29) is 11.9 Å². The van der Waals surface area contributed by atoms with E-state index >= 15 is 0 Å². The van der Waals surface area contributed by atoms with Gasteiger partial charge < -0.3 is 4.90 Å². The maximum atomic E-state index is 13.2. The second-order valence-electron chi connectivity index (χ2n) is 7.80. The van der Waals surface area contributed by atoms with Gasteiger partial charge in [0.2, 0.25) is 0 Å². The van der Waals surface area contributed by atoms with Gasteiger partial charge in [0.1, 0.15) is 17.5 Å². The molecule has 0 radical (unpaired) electrons. The molecule has 3 aromatic rings. The predicted octanol–water partition coefficient (Wildman–Crippen LogP) is 5.26. The summed E-state index contributed by atoms with van der Waals surface area (Å²) >= 11 is 0. The molecule has 0 aliphatic carbocycles. The average Bonchev–Trinajstić information content (AvgIpc) is 2.67. The van der Waals surface area contributed by atoms with Crippen molar-refractivity contribution in [1.82, 2.24) is 9.97 Å². The molecule has 4 rings (SSSR count). The summed E-state index contributed by atoms with van der Waals surface area (Å²) in [5, 5.41) is 0. The minimum Gasteiger partial charge on any atom is -0.349 e. The number of anilines is 1. The van der Waals surface area contributed by atoms with Crippen LogP contribution in [0.4, 0.5) is 10.2 Å². The molecule has 0 saturated carbocycles. The zero-order valence-corrected chi connectivity index (χ0v) is 17.0. The topological polar surface area (TPSA) is 29.0 Å². The van der Waals surface area contributed by atoms with Gasteiger partial charge in [0.25, 0.3) is 0 Å². The van der Waals surface area contributed by atoms with Crippen LogP contribution in [-0.2, 0) is 12.8 Å². The molecule has 0 spiro atoms. The number of aryl methyl sites for hydroxylation is 2. The summed E-state index contributed by atoms with van der Waals surface area (Å²) < 4.78 is 13.2. The Hall–Kier alpha value is -2.75. The molecule has 3 nitrogen and oxygen atoms in total. The van der Waals surface area contributed by atoms with Gasteiger partial charge in [-0.05, 0) is 62.9 Å². The van der Waals surface area contributed by atoms with Gasteiger partial charge in [-0.15, -0.1) is 0 Å². The smallest absolute Gasteiger partial charge is 0.136 e. The highest BCUT2D eigenvalue weighted by atomic mass is 19.1. The first-order valence-electron chi connectivity index (χ1n) is 9.87. The van der Waals surface area contributed by atoms with Crippen molar-refractivity contribution < 1.29 is 4.39 Å². The van der Waals surface area contributed by atoms with Crippen LogP contribution in [0.15, 0.2) is 42.5 Å². The molecule has 28 heavy (non-hydrogen) atoms. The Labute approximate surface area is 166 Å². The summed E-state index contributed by atoms with van der Waals surface area (Å²) in [6.07, 6.45) is 1.63. The van der Waals surface area contributed by atoms with E-state index < -0.39 is 0 Å². The summed E-state index contributed by atoms with van der Waals surface area (Å²) in [5.41, 5.74) is 7.27. The molecule has 0 bridgehead atoms. The molecule has 0 N–H and O–H groups in total. The van der Waals surface area contributed by atoms with E-state index in [0.717, 1.165) is 41.4 Å². The Balaban J connectivity index is 1.69. The third kappa shape index (κ3) is 3.51. The second kappa shape index (κ2) is 7.34. The number of hydrogen-bond acceptors (Lipinski definition) is 3. The van der Waals surface area contributed by atoms with E-state index in [1.165, 1.54) is 28.8 Å². The van der Waals surface area contributed by atoms with Crippen LogP contribution in [0.3, 0.4) is 0 Å². The number of rotatable bonds is 3. The van der Waals surface area contributed by atoms with Gasteiger partial charge in [-0.25, -0.2) is 14.4 Å². The molecule has 1 aromatic heterocycles. The molecule has 1 atom stereocenters. The molecule has 4 heteroatoms. The van der Waals surface area contributed by atoms with E-state index in [1.54, 1.807) is 12.1 Å². The molecule has 0 saturated heterocycles. The van der Waals surface area contributed by atoms with Crippen LogP contribution in [0.25, 0.3) is 0 Å². The normalized spacial score (nSPS) is 16.2. The van der Waals surface area contributed by atoms with Crippen molar-refractivity contribution in [1.29, 1.82) is 0 Å². The lowest BCUT2D eigenvalue weighted by atomic mass is 9.91. The summed E-state index contributed by atoms with van der Waals surface area (Å²) in [6, 6.07) is 13.6. The quantitative estimate of drug-likeness (QED) is 0.626. The van der Waals surface area contributed by atoms with Crippen LogP contribution >= 0.6 is 0 Å². The van der Waals surface area contributed by atoms with Gasteiger partial charge in [0, 0.05) is 24.2 Å². The predicted molar refractivity (Wildman–Crippen MR) is 111 cm³/mol. The fourth-order valence-electron chi connectivity index (χ4n) is 4.04. The summed E-state index contributed by atoms with van der Waals surface area (Å²) in [6.45, 7) is 9.50. The van der Waals surface area contributed by atoms with Crippen molar-refractivity contribution in [2.24, 2.45) is 0 Å². The molecule has 2 heterocycles. The fraction of sp³-hybridized carbons (Fsp3) is 0.333. The van der Waals surface area contributed by atoms with E-state index in [1.807, 2.05) is 6.92 Å². The van der Waals surface area contributed by atoms with Crippen LogP contribution in [0.5, 0.6) is 0 Å². The molecule has 1 aliphatic heterocycles. The van der Waals surface area contributed by atoms with E-state index in [9.17, 15) is 4.39 Å². The number of fused-ring (bicyclic) bond motifs is 1. The van der Waals surface area contributed by atoms with E-state index in [0.29, 0.717) is 6.42 Å². The number of benzene rings is 2. The van der Waals surface area contributed by atoms with Crippen LogP contribution < -0.4 is 4.90 Å². The highest BCUT2D eigenvalue weighted by Gasteiger charge is 2.27. The highest BCUT2D eigenvalue weighted by Crippen LogP contribution is 2.35. The molecular formula is C24H26FN3. The van der Waals surface area contributed by atoms with Gasteiger partial charge in [-0.1, -0.05) is 35.9 Å². The highest BCUT2D eigenvalue weighted by molar-refractivity contribution is 5.53. The lowest BCUT2D eigenvalue weighted by Gasteiger charge is -2.37. The second-order valence-corrected chi connectivity index (χ2v) is 7.80. The fourth-order valence-corrected chi connectivity index (χ4v) is 4.04. The zero-order valence-electron chi connectivity index (χ0n) is 17.0. The first-order valence-corrected chi connectivity index (χ1v) is 9.87. The van der Waals surface area contributed by atoms with Crippen molar-refractivity contribution in [3.05, 3.63) is 87.6 Å². The monoisotopic (exact) mass is 375 g/mol. The largest absolute Gasteiger partial charge is 0.349 e. The summed E-state index contributed by atoms with van der Waals surface area (Å²) in [5.74, 6) is 1.58. The van der Waals surface area contributed by atoms with Crippen molar-refractivity contribution in [3.8, 4) is 0 Å². The number of nitrogens with zero attached hydrogens (tertiary/aromatic N) is 3. The molecule has 1 aliphatic rings. The summed E-state index contributed by atoms with van der Waals surface area (Å²) in [4.78, 5) is 12.0. The number of halogens is 1. The van der Waals surface area contributed by atoms with Crippen molar-refractivity contribution in [3.63, 3.8) is 0 Å². The maximum absolute atomic E-state index is 13.2. The number of aromatic nitrogens is 2. The Morgan fingerprint density at radius 3 is 2.54 bits per heavy atom. The lowest BCUT2D eigenvalue weighted by molar-refractivity contribution is 0.611. The van der Waals surface area contributed by atoms with Crippen LogP contribution in [0.2, 0.25) is 0 Å². The van der Waals surface area contributed by atoms with E-state index in [4.69, 9.17) is 9.97 Å². The van der Waals surface area contributed by atoms with Gasteiger partial charge in [-0.2, -0.15) is 0 Å². The van der Waals surface area contributed by atoms with Gasteiger partial charge >= 0.3 is 0 Å². The lowest BCUT2D eigenvalue weighted by Crippen LogP contribution is -2.35. The minimum absolute atomic E-state index is 0.221. The zero-order chi connectivity index (χ0) is 19.8. The first-order chi connectivity index (χ1) is 13.4. The maximum Gasteiger partial charge on any atom is 0.136 e. The molecule has 1 unspecified atom stereocenters. The van der Waals surface area contributed by atoms with Crippen molar-refractivity contribution in [2.45, 2.75) is 46.6 Å². The molecule has 0 fully saturated rings. The molecule has 2 aromatic carbocycles. The SMILES string of the molecule is Cc1ccc2c(c1)C(C)N(c1nc(Cc3ccc(F)cc3)nc(C)c1C)CC2. The molecular weight excluding hydrogens is 349 g/mol. The van der Waals surface area contributed by atoms with Crippen molar-refractivity contribution in [2.75, 3.05) is 11.4 Å². The summed E-state index contributed by atoms with van der Waals surface area (Å²) in [7, 11) is 0. The van der Waals surface area contributed by atoms with Crippen LogP contribution in [0, 0.1) is 26.6 Å². The first kappa shape index (κ1) is 18.6. The van der Waals surface area contributed by atoms with Gasteiger partial charge in [0.05, 0.1) is 6.04 Å². The standard InChI is InChI=1S/C24H26FN3/c1-15-5-8-20-11-12-28(18(4)22(20)13-15)24-16(2)17(3)26-23(27-24)14-19-6-9-21(25)10-7-19/h5-10,13,18H,11-12,14H2,1-4H3. The Morgan fingerprint density at radius 2 is 1.79 bits per heavy atom. The molecule has 0 amide bonds. The Kier molecular flexibility index (Phi) is 4.88. The van der Waals surface area contributed by atoms with Crippen LogP contribution in [-0.4, -0.2) is 16.5 Å². The minimum atomic E-state index is -0.221. The van der Waals surface area contributed by atoms with E-state index in [2.05, 4.69) is 43.9 Å². The third-order valence-corrected chi connectivity index (χ3v) is 5.80. The van der Waals surface area contributed by atoms with Crippen molar-refractivity contribution >= 4 is 5.82 Å². The number of hydrogen-bond donors (Lipinski definition) is 0. The average molecular weight is 375 g/mol. The Morgan fingerprint density at radius 1 is 1.04 bits per heavy atom.